The summed E-state index contributed by atoms with van der Waals surface area (Å²) in [6, 6.07) is 12.3. The quantitative estimate of drug-likeness (QED) is 0.648. The second-order valence-electron chi connectivity index (χ2n) is 6.70. The van der Waals surface area contributed by atoms with Gasteiger partial charge in [0.05, 0.1) is 13.1 Å². The van der Waals surface area contributed by atoms with Gasteiger partial charge in [0, 0.05) is 30.4 Å². The predicted molar refractivity (Wildman–Crippen MR) is 105 cm³/mol. The van der Waals surface area contributed by atoms with Crippen LogP contribution in [-0.4, -0.2) is 45.4 Å². The molecule has 1 aliphatic heterocycles. The number of nitrogens with one attached hydrogen (secondary N) is 2. The first-order valence-corrected chi connectivity index (χ1v) is 9.36. The summed E-state index contributed by atoms with van der Waals surface area (Å²) >= 11 is 0. The lowest BCUT2D eigenvalue weighted by Crippen LogP contribution is -2.36. The van der Waals surface area contributed by atoms with Crippen LogP contribution in [0.2, 0.25) is 0 Å². The van der Waals surface area contributed by atoms with Crippen molar-refractivity contribution in [3.8, 4) is 0 Å². The summed E-state index contributed by atoms with van der Waals surface area (Å²) in [5.41, 5.74) is 1.91. The van der Waals surface area contributed by atoms with Crippen LogP contribution in [0.15, 0.2) is 48.7 Å². The summed E-state index contributed by atoms with van der Waals surface area (Å²) in [4.78, 5) is 37.8. The van der Waals surface area contributed by atoms with Crippen molar-refractivity contribution in [3.05, 3.63) is 60.0 Å². The Balaban J connectivity index is 1.27. The maximum Gasteiger partial charge on any atom is 0.251 e. The van der Waals surface area contributed by atoms with E-state index in [0.29, 0.717) is 30.0 Å². The van der Waals surface area contributed by atoms with Gasteiger partial charge in [0.15, 0.2) is 11.5 Å². The molecule has 29 heavy (non-hydrogen) atoms. The number of benzene rings is 1. The first-order valence-electron chi connectivity index (χ1n) is 9.36. The van der Waals surface area contributed by atoms with E-state index in [0.717, 1.165) is 12.1 Å². The van der Waals surface area contributed by atoms with Crippen molar-refractivity contribution in [3.63, 3.8) is 0 Å². The van der Waals surface area contributed by atoms with E-state index < -0.39 is 0 Å². The lowest BCUT2D eigenvalue weighted by molar-refractivity contribution is -0.120. The Morgan fingerprint density at radius 3 is 2.62 bits per heavy atom. The molecule has 1 fully saturated rings. The van der Waals surface area contributed by atoms with Gasteiger partial charge in [-0.3, -0.25) is 18.8 Å². The summed E-state index contributed by atoms with van der Waals surface area (Å²) in [7, 11) is 0. The van der Waals surface area contributed by atoms with Crippen LogP contribution in [0.4, 0.5) is 5.69 Å². The number of aromatic nitrogens is 3. The zero-order valence-corrected chi connectivity index (χ0v) is 15.7. The predicted octanol–water partition coefficient (Wildman–Crippen LogP) is 0.902. The Hall–Kier alpha value is -3.75. The smallest absolute Gasteiger partial charge is 0.251 e. The summed E-state index contributed by atoms with van der Waals surface area (Å²) in [5.74, 6) is 0.0179. The molecule has 1 saturated heterocycles. The Bertz CT molecular complexity index is 1060. The van der Waals surface area contributed by atoms with Crippen LogP contribution in [0, 0.1) is 0 Å². The van der Waals surface area contributed by atoms with Crippen LogP contribution < -0.4 is 15.5 Å². The number of anilines is 1. The molecule has 9 nitrogen and oxygen atoms in total. The molecular formula is C20H20N6O3. The largest absolute Gasteiger partial charge is 0.347 e. The minimum Gasteiger partial charge on any atom is -0.347 e. The standard InChI is InChI=1S/C20H20N6O3/c27-18(21-12-17-24-23-16-4-1-2-10-26(16)17)13-22-20(29)14-6-8-15(9-7-14)25-11-3-5-19(25)28/h1-2,4,6-10H,3,5,11-13H2,(H,21,27)(H,22,29). The minimum atomic E-state index is -0.354. The third-order valence-electron chi connectivity index (χ3n) is 4.75. The van der Waals surface area contributed by atoms with Gasteiger partial charge in [-0.1, -0.05) is 6.07 Å². The lowest BCUT2D eigenvalue weighted by atomic mass is 10.2. The van der Waals surface area contributed by atoms with Gasteiger partial charge in [-0.05, 0) is 42.8 Å². The normalized spacial score (nSPS) is 13.7. The van der Waals surface area contributed by atoms with Crippen LogP contribution in [0.3, 0.4) is 0 Å². The van der Waals surface area contributed by atoms with Gasteiger partial charge in [-0.25, -0.2) is 0 Å². The Morgan fingerprint density at radius 2 is 1.86 bits per heavy atom. The van der Waals surface area contributed by atoms with Crippen molar-refractivity contribution < 1.29 is 14.4 Å². The molecule has 148 valence electrons. The molecule has 3 heterocycles. The van der Waals surface area contributed by atoms with Crippen molar-refractivity contribution in [1.29, 1.82) is 0 Å². The number of nitrogens with zero attached hydrogens (tertiary/aromatic N) is 4. The molecule has 3 aromatic rings. The molecule has 4 rings (SSSR count). The zero-order chi connectivity index (χ0) is 20.2. The van der Waals surface area contributed by atoms with Crippen LogP contribution in [0.5, 0.6) is 0 Å². The van der Waals surface area contributed by atoms with E-state index in [1.165, 1.54) is 0 Å². The highest BCUT2D eigenvalue weighted by atomic mass is 16.2. The average Bonchev–Trinajstić information content (AvgIpc) is 3.36. The Kier molecular flexibility index (Phi) is 5.19. The molecule has 9 heteroatoms. The van der Waals surface area contributed by atoms with E-state index in [1.54, 1.807) is 33.6 Å². The van der Waals surface area contributed by atoms with Gasteiger partial charge < -0.3 is 15.5 Å². The Morgan fingerprint density at radius 1 is 1.03 bits per heavy atom. The van der Waals surface area contributed by atoms with E-state index in [1.807, 2.05) is 24.4 Å². The highest BCUT2D eigenvalue weighted by Crippen LogP contribution is 2.21. The van der Waals surface area contributed by atoms with Crippen molar-refractivity contribution in [2.24, 2.45) is 0 Å². The van der Waals surface area contributed by atoms with Crippen molar-refractivity contribution in [2.75, 3.05) is 18.0 Å². The molecule has 3 amide bonds. The highest BCUT2D eigenvalue weighted by Gasteiger charge is 2.21. The average molecular weight is 392 g/mol. The maximum atomic E-state index is 12.3. The van der Waals surface area contributed by atoms with E-state index >= 15 is 0 Å². The van der Waals surface area contributed by atoms with Gasteiger partial charge in [0.2, 0.25) is 11.8 Å². The fourth-order valence-corrected chi connectivity index (χ4v) is 3.23. The molecular weight excluding hydrogens is 372 g/mol. The zero-order valence-electron chi connectivity index (χ0n) is 15.7. The minimum absolute atomic E-state index is 0.0966. The van der Waals surface area contributed by atoms with Crippen LogP contribution in [0.25, 0.3) is 5.65 Å². The number of carbonyl (C=O) groups is 3. The van der Waals surface area contributed by atoms with Gasteiger partial charge in [0.1, 0.15) is 0 Å². The molecule has 0 saturated carbocycles. The number of fused-ring (bicyclic) bond motifs is 1. The summed E-state index contributed by atoms with van der Waals surface area (Å²) in [6.45, 7) is 0.756. The first-order chi connectivity index (χ1) is 14.1. The van der Waals surface area contributed by atoms with Gasteiger partial charge in [-0.15, -0.1) is 10.2 Å². The molecule has 1 aliphatic rings. The van der Waals surface area contributed by atoms with E-state index in [9.17, 15) is 14.4 Å². The van der Waals surface area contributed by atoms with Gasteiger partial charge in [-0.2, -0.15) is 0 Å². The second kappa shape index (κ2) is 8.09. The summed E-state index contributed by atoms with van der Waals surface area (Å²) < 4.78 is 1.78. The molecule has 0 spiro atoms. The first kappa shape index (κ1) is 18.6. The number of pyridine rings is 1. The lowest BCUT2D eigenvalue weighted by Gasteiger charge is -2.15. The fraction of sp³-hybridized carbons (Fsp3) is 0.250. The number of hydrogen-bond acceptors (Lipinski definition) is 5. The molecule has 0 unspecified atom stereocenters. The molecule has 0 radical (unpaired) electrons. The molecule has 0 bridgehead atoms. The molecule has 2 N–H and O–H groups in total. The number of rotatable bonds is 6. The third-order valence-corrected chi connectivity index (χ3v) is 4.75. The highest BCUT2D eigenvalue weighted by molar-refractivity contribution is 5.98. The van der Waals surface area contributed by atoms with Crippen LogP contribution in [0.1, 0.15) is 29.0 Å². The maximum absolute atomic E-state index is 12.3. The van der Waals surface area contributed by atoms with Crippen LogP contribution >= 0.6 is 0 Å². The van der Waals surface area contributed by atoms with Gasteiger partial charge in [0.25, 0.3) is 5.91 Å². The van der Waals surface area contributed by atoms with E-state index in [2.05, 4.69) is 20.8 Å². The topological polar surface area (TPSA) is 109 Å². The SMILES string of the molecule is O=C(CNC(=O)c1ccc(N2CCCC2=O)cc1)NCc1nnc2ccccn12. The monoisotopic (exact) mass is 392 g/mol. The summed E-state index contributed by atoms with van der Waals surface area (Å²) in [6.07, 6.45) is 3.22. The molecule has 0 atom stereocenters. The van der Waals surface area contributed by atoms with Crippen molar-refractivity contribution in [1.82, 2.24) is 25.2 Å². The van der Waals surface area contributed by atoms with Crippen molar-refractivity contribution in [2.45, 2.75) is 19.4 Å². The number of amides is 3. The third kappa shape index (κ3) is 4.08. The fourth-order valence-electron chi connectivity index (χ4n) is 3.23. The van der Waals surface area contributed by atoms with E-state index in [-0.39, 0.29) is 30.8 Å². The van der Waals surface area contributed by atoms with Gasteiger partial charge >= 0.3 is 0 Å². The molecule has 2 aromatic heterocycles. The van der Waals surface area contributed by atoms with E-state index in [4.69, 9.17) is 0 Å². The molecule has 1 aromatic carbocycles. The second-order valence-corrected chi connectivity index (χ2v) is 6.70. The Labute approximate surface area is 166 Å². The van der Waals surface area contributed by atoms with Crippen LogP contribution in [-0.2, 0) is 16.1 Å². The number of hydrogen-bond donors (Lipinski definition) is 2. The van der Waals surface area contributed by atoms with Crippen molar-refractivity contribution >= 4 is 29.1 Å². The molecule has 0 aliphatic carbocycles. The number of carbonyl (C=O) groups excluding carboxylic acids is 3. The summed E-state index contributed by atoms with van der Waals surface area (Å²) in [5, 5.41) is 13.4.